The van der Waals surface area contributed by atoms with Gasteiger partial charge in [0.05, 0.1) is 12.3 Å². The second-order valence-corrected chi connectivity index (χ2v) is 6.62. The normalized spacial score (nSPS) is 13.7. The standard InChI is InChI=1S/C12H18ClFN2O3S/c1-4-16(8(2)7-19-3)20(17,18)11-6-9(13)5-10(15)12(11)14/h5-6,8H,4,7,15H2,1-3H3. The molecule has 0 spiro atoms. The third-order valence-electron chi connectivity index (χ3n) is 2.83. The summed E-state index contributed by atoms with van der Waals surface area (Å²) in [5.74, 6) is -0.988. The zero-order chi connectivity index (χ0) is 15.5. The van der Waals surface area contributed by atoms with Gasteiger partial charge < -0.3 is 10.5 Å². The van der Waals surface area contributed by atoms with Gasteiger partial charge >= 0.3 is 0 Å². The third-order valence-corrected chi connectivity index (χ3v) is 5.14. The van der Waals surface area contributed by atoms with Crippen LogP contribution in [0.25, 0.3) is 0 Å². The number of ether oxygens (including phenoxy) is 1. The number of nitrogens with two attached hydrogens (primary N) is 1. The maximum atomic E-state index is 14.0. The molecule has 0 amide bonds. The van der Waals surface area contributed by atoms with Crippen molar-refractivity contribution in [3.63, 3.8) is 0 Å². The van der Waals surface area contributed by atoms with Gasteiger partial charge in [0.15, 0.2) is 5.82 Å². The first kappa shape index (κ1) is 17.2. The monoisotopic (exact) mass is 324 g/mol. The summed E-state index contributed by atoms with van der Waals surface area (Å²) in [6, 6.07) is 1.80. The Morgan fingerprint density at radius 3 is 2.60 bits per heavy atom. The lowest BCUT2D eigenvalue weighted by molar-refractivity contribution is 0.142. The van der Waals surface area contributed by atoms with E-state index >= 15 is 0 Å². The first-order valence-electron chi connectivity index (χ1n) is 6.01. The predicted molar refractivity (Wildman–Crippen MR) is 76.7 cm³/mol. The SMILES string of the molecule is CCN(C(C)COC)S(=O)(=O)c1cc(Cl)cc(N)c1F. The largest absolute Gasteiger partial charge is 0.396 e. The van der Waals surface area contributed by atoms with Crippen molar-refractivity contribution in [3.05, 3.63) is 23.0 Å². The van der Waals surface area contributed by atoms with Crippen LogP contribution >= 0.6 is 11.6 Å². The summed E-state index contributed by atoms with van der Waals surface area (Å²) >= 11 is 5.76. The molecule has 114 valence electrons. The fourth-order valence-corrected chi connectivity index (χ4v) is 3.98. The van der Waals surface area contributed by atoms with E-state index in [1.54, 1.807) is 13.8 Å². The summed E-state index contributed by atoms with van der Waals surface area (Å²) < 4.78 is 45.1. The number of halogens is 2. The van der Waals surface area contributed by atoms with E-state index in [2.05, 4.69) is 0 Å². The predicted octanol–water partition coefficient (Wildman–Crippen LogP) is 2.11. The zero-order valence-electron chi connectivity index (χ0n) is 11.6. The summed E-state index contributed by atoms with van der Waals surface area (Å²) in [7, 11) is -2.57. The second-order valence-electron chi connectivity index (χ2n) is 4.32. The highest BCUT2D eigenvalue weighted by molar-refractivity contribution is 7.89. The molecule has 0 fully saturated rings. The molecule has 20 heavy (non-hydrogen) atoms. The first-order valence-corrected chi connectivity index (χ1v) is 7.82. The molecule has 8 heteroatoms. The molecule has 0 radical (unpaired) electrons. The van der Waals surface area contributed by atoms with Crippen molar-refractivity contribution in [1.82, 2.24) is 4.31 Å². The Kier molecular flexibility index (Phi) is 5.76. The topological polar surface area (TPSA) is 72.6 Å². The maximum absolute atomic E-state index is 14.0. The summed E-state index contributed by atoms with van der Waals surface area (Å²) in [5, 5.41) is 0.0675. The Morgan fingerprint density at radius 2 is 2.10 bits per heavy atom. The summed E-state index contributed by atoms with van der Waals surface area (Å²) in [6.07, 6.45) is 0. The van der Waals surface area contributed by atoms with Crippen molar-refractivity contribution >= 4 is 27.3 Å². The fourth-order valence-electron chi connectivity index (χ4n) is 1.94. The number of methoxy groups -OCH3 is 1. The van der Waals surface area contributed by atoms with E-state index in [0.29, 0.717) is 0 Å². The molecule has 0 heterocycles. The van der Waals surface area contributed by atoms with Gasteiger partial charge in [0, 0.05) is 24.7 Å². The van der Waals surface area contributed by atoms with E-state index in [-0.39, 0.29) is 23.9 Å². The lowest BCUT2D eigenvalue weighted by Gasteiger charge is -2.27. The van der Waals surface area contributed by atoms with E-state index in [0.717, 1.165) is 10.4 Å². The van der Waals surface area contributed by atoms with Gasteiger partial charge in [-0.1, -0.05) is 18.5 Å². The number of hydrogen-bond acceptors (Lipinski definition) is 4. The van der Waals surface area contributed by atoms with Gasteiger partial charge in [-0.05, 0) is 19.1 Å². The Hall–Kier alpha value is -0.890. The Bertz CT molecular complexity index is 580. The van der Waals surface area contributed by atoms with Crippen molar-refractivity contribution < 1.29 is 17.5 Å². The van der Waals surface area contributed by atoms with Crippen LogP contribution in [0.5, 0.6) is 0 Å². The molecule has 5 nitrogen and oxygen atoms in total. The molecule has 0 saturated carbocycles. The number of sulfonamides is 1. The number of anilines is 1. The van der Waals surface area contributed by atoms with Gasteiger partial charge in [-0.15, -0.1) is 0 Å². The minimum absolute atomic E-state index is 0.0675. The molecule has 0 aromatic heterocycles. The van der Waals surface area contributed by atoms with Crippen LogP contribution < -0.4 is 5.73 Å². The smallest absolute Gasteiger partial charge is 0.246 e. The van der Waals surface area contributed by atoms with Crippen LogP contribution in [0.4, 0.5) is 10.1 Å². The molecule has 1 atom stereocenters. The van der Waals surface area contributed by atoms with Gasteiger partial charge in [0.1, 0.15) is 4.90 Å². The lowest BCUT2D eigenvalue weighted by Crippen LogP contribution is -2.41. The highest BCUT2D eigenvalue weighted by Gasteiger charge is 2.31. The van der Waals surface area contributed by atoms with Crippen molar-refractivity contribution in [2.45, 2.75) is 24.8 Å². The zero-order valence-corrected chi connectivity index (χ0v) is 13.1. The Balaban J connectivity index is 3.35. The highest BCUT2D eigenvalue weighted by atomic mass is 35.5. The minimum atomic E-state index is -4.03. The van der Waals surface area contributed by atoms with Gasteiger partial charge in [0.25, 0.3) is 0 Å². The molecule has 0 bridgehead atoms. The minimum Gasteiger partial charge on any atom is -0.396 e. The highest BCUT2D eigenvalue weighted by Crippen LogP contribution is 2.28. The molecule has 0 aliphatic heterocycles. The van der Waals surface area contributed by atoms with Crippen LogP contribution in [-0.4, -0.2) is 39.0 Å². The molecule has 2 N–H and O–H groups in total. The summed E-state index contributed by atoms with van der Waals surface area (Å²) in [5.41, 5.74) is 5.13. The summed E-state index contributed by atoms with van der Waals surface area (Å²) in [4.78, 5) is -0.521. The molecule has 0 aliphatic carbocycles. The lowest BCUT2D eigenvalue weighted by atomic mass is 10.3. The van der Waals surface area contributed by atoms with Crippen LogP contribution in [0.3, 0.4) is 0 Å². The van der Waals surface area contributed by atoms with Crippen LogP contribution in [0.1, 0.15) is 13.8 Å². The molecule has 0 aliphatic rings. The van der Waals surface area contributed by atoms with Gasteiger partial charge in [0.2, 0.25) is 10.0 Å². The molecule has 1 rings (SSSR count). The number of nitrogens with zero attached hydrogens (tertiary/aromatic N) is 1. The quantitative estimate of drug-likeness (QED) is 0.813. The molecular formula is C12H18ClFN2O3S. The van der Waals surface area contributed by atoms with E-state index in [4.69, 9.17) is 22.1 Å². The average Bonchev–Trinajstić information content (AvgIpc) is 2.34. The number of nitrogen functional groups attached to an aromatic ring is 1. The Morgan fingerprint density at radius 1 is 1.50 bits per heavy atom. The van der Waals surface area contributed by atoms with Gasteiger partial charge in [-0.25, -0.2) is 12.8 Å². The third kappa shape index (κ3) is 3.41. The van der Waals surface area contributed by atoms with E-state index < -0.39 is 26.8 Å². The van der Waals surface area contributed by atoms with Crippen molar-refractivity contribution in [3.8, 4) is 0 Å². The average molecular weight is 325 g/mol. The van der Waals surface area contributed by atoms with E-state index in [1.807, 2.05) is 0 Å². The van der Waals surface area contributed by atoms with Crippen molar-refractivity contribution in [2.75, 3.05) is 26.0 Å². The number of rotatable bonds is 6. The molecule has 1 aromatic rings. The van der Waals surface area contributed by atoms with Crippen LogP contribution in [0, 0.1) is 5.82 Å². The van der Waals surface area contributed by atoms with Crippen molar-refractivity contribution in [2.24, 2.45) is 0 Å². The van der Waals surface area contributed by atoms with E-state index in [9.17, 15) is 12.8 Å². The molecule has 1 aromatic carbocycles. The summed E-state index contributed by atoms with van der Waals surface area (Å²) in [6.45, 7) is 3.72. The van der Waals surface area contributed by atoms with Gasteiger partial charge in [-0.3, -0.25) is 0 Å². The van der Waals surface area contributed by atoms with Crippen molar-refractivity contribution in [1.29, 1.82) is 0 Å². The Labute approximate surface area is 123 Å². The number of hydrogen-bond donors (Lipinski definition) is 1. The molecule has 0 saturated heterocycles. The second kappa shape index (κ2) is 6.71. The van der Waals surface area contributed by atoms with Gasteiger partial charge in [-0.2, -0.15) is 4.31 Å². The number of likely N-dealkylation sites (N-methyl/N-ethyl adjacent to an activating group) is 1. The number of benzene rings is 1. The van der Waals surface area contributed by atoms with E-state index in [1.165, 1.54) is 13.2 Å². The maximum Gasteiger partial charge on any atom is 0.246 e. The van der Waals surface area contributed by atoms with Crippen LogP contribution in [0.2, 0.25) is 5.02 Å². The van der Waals surface area contributed by atoms with Crippen LogP contribution in [-0.2, 0) is 14.8 Å². The molecule has 1 unspecified atom stereocenters. The first-order chi connectivity index (χ1) is 9.25. The fraction of sp³-hybridized carbons (Fsp3) is 0.500. The van der Waals surface area contributed by atoms with Crippen LogP contribution in [0.15, 0.2) is 17.0 Å². The molecular weight excluding hydrogens is 307 g/mol.